The second-order valence-electron chi connectivity index (χ2n) is 2.85. The molecule has 1 aromatic carbocycles. The zero-order valence-electron chi connectivity index (χ0n) is 7.63. The largest absolute Gasteiger partial charge is 0.340 e. The summed E-state index contributed by atoms with van der Waals surface area (Å²) < 4.78 is 0.590. The molecular formula is C9H12N2S2. The van der Waals surface area contributed by atoms with E-state index < -0.39 is 0 Å². The molecule has 0 spiro atoms. The Bertz CT molecular complexity index is 323. The van der Waals surface area contributed by atoms with E-state index in [-0.39, 0.29) is 0 Å². The lowest BCUT2D eigenvalue weighted by Crippen LogP contribution is -2.07. The van der Waals surface area contributed by atoms with E-state index in [0.717, 1.165) is 17.6 Å². The quantitative estimate of drug-likeness (QED) is 0.554. The van der Waals surface area contributed by atoms with E-state index in [1.807, 2.05) is 19.1 Å². The molecule has 0 unspecified atom stereocenters. The van der Waals surface area contributed by atoms with Crippen molar-refractivity contribution in [1.29, 1.82) is 0 Å². The lowest BCUT2D eigenvalue weighted by Gasteiger charge is -2.08. The van der Waals surface area contributed by atoms with Crippen LogP contribution in [0.15, 0.2) is 18.2 Å². The summed E-state index contributed by atoms with van der Waals surface area (Å²) in [5, 5.41) is 8.37. The highest BCUT2D eigenvalue weighted by Crippen LogP contribution is 2.16. The fraction of sp³-hybridized carbons (Fsp3) is 0.222. The number of nitrogens with one attached hydrogen (secondary N) is 1. The Morgan fingerprint density at radius 3 is 2.69 bits per heavy atom. The summed E-state index contributed by atoms with van der Waals surface area (Å²) in [5.74, 6) is 0. The SMILES string of the molecule is Cc1ccc(NC(=S)SN)c(C)c1. The van der Waals surface area contributed by atoms with Gasteiger partial charge in [0.25, 0.3) is 0 Å². The van der Waals surface area contributed by atoms with Gasteiger partial charge in [-0.15, -0.1) is 0 Å². The number of nitrogens with two attached hydrogens (primary N) is 1. The number of rotatable bonds is 1. The van der Waals surface area contributed by atoms with E-state index in [9.17, 15) is 0 Å². The van der Waals surface area contributed by atoms with E-state index in [2.05, 4.69) is 18.3 Å². The van der Waals surface area contributed by atoms with Gasteiger partial charge in [0.1, 0.15) is 0 Å². The highest BCUT2D eigenvalue weighted by Gasteiger charge is 1.99. The summed E-state index contributed by atoms with van der Waals surface area (Å²) in [6.45, 7) is 4.10. The first kappa shape index (κ1) is 10.5. The van der Waals surface area contributed by atoms with E-state index >= 15 is 0 Å². The number of benzene rings is 1. The number of thiocarbonyl (C=S) groups is 1. The van der Waals surface area contributed by atoms with Gasteiger partial charge in [0.15, 0.2) is 4.32 Å². The van der Waals surface area contributed by atoms with Gasteiger partial charge in [-0.25, -0.2) is 0 Å². The highest BCUT2D eigenvalue weighted by atomic mass is 32.2. The van der Waals surface area contributed by atoms with Crippen LogP contribution in [0.4, 0.5) is 5.69 Å². The van der Waals surface area contributed by atoms with Crippen molar-refractivity contribution in [3.8, 4) is 0 Å². The van der Waals surface area contributed by atoms with Gasteiger partial charge in [-0.05, 0) is 37.4 Å². The van der Waals surface area contributed by atoms with Gasteiger partial charge in [-0.3, -0.25) is 5.14 Å². The molecule has 13 heavy (non-hydrogen) atoms. The Kier molecular flexibility index (Phi) is 3.71. The van der Waals surface area contributed by atoms with Crippen molar-refractivity contribution in [1.82, 2.24) is 0 Å². The molecule has 0 saturated heterocycles. The van der Waals surface area contributed by atoms with Crippen LogP contribution in [0.3, 0.4) is 0 Å². The monoisotopic (exact) mass is 212 g/mol. The van der Waals surface area contributed by atoms with Crippen molar-refractivity contribution < 1.29 is 0 Å². The third kappa shape index (κ3) is 2.99. The van der Waals surface area contributed by atoms with Crippen LogP contribution in [0, 0.1) is 13.8 Å². The minimum absolute atomic E-state index is 0.590. The molecule has 0 saturated carbocycles. The maximum Gasteiger partial charge on any atom is 0.153 e. The number of aryl methyl sites for hydroxylation is 2. The topological polar surface area (TPSA) is 38.0 Å². The molecule has 0 amide bonds. The Hall–Kier alpha value is -0.580. The Morgan fingerprint density at radius 2 is 2.15 bits per heavy atom. The van der Waals surface area contributed by atoms with E-state index in [1.165, 1.54) is 11.1 Å². The van der Waals surface area contributed by atoms with Crippen LogP contribution in [0.1, 0.15) is 11.1 Å². The van der Waals surface area contributed by atoms with Gasteiger partial charge in [-0.2, -0.15) is 0 Å². The summed E-state index contributed by atoms with van der Waals surface area (Å²) in [5.41, 5.74) is 3.44. The maximum atomic E-state index is 5.31. The molecule has 0 fully saturated rings. The summed E-state index contributed by atoms with van der Waals surface area (Å²) in [7, 11) is 0. The van der Waals surface area contributed by atoms with Crippen molar-refractivity contribution in [2.45, 2.75) is 13.8 Å². The first-order chi connectivity index (χ1) is 6.13. The Labute approximate surface area is 88.0 Å². The summed E-state index contributed by atoms with van der Waals surface area (Å²) in [4.78, 5) is 0. The van der Waals surface area contributed by atoms with Crippen LogP contribution in [-0.2, 0) is 0 Å². The first-order valence-corrected chi connectivity index (χ1v) is 5.17. The molecule has 0 aliphatic carbocycles. The molecular weight excluding hydrogens is 200 g/mol. The third-order valence-corrected chi connectivity index (χ3v) is 2.43. The molecule has 3 N–H and O–H groups in total. The van der Waals surface area contributed by atoms with Gasteiger partial charge in [0.2, 0.25) is 0 Å². The fourth-order valence-corrected chi connectivity index (χ4v) is 1.37. The van der Waals surface area contributed by atoms with Gasteiger partial charge in [-0.1, -0.05) is 29.9 Å². The molecule has 0 aliphatic heterocycles. The smallest absolute Gasteiger partial charge is 0.153 e. The standard InChI is InChI=1S/C9H12N2S2/c1-6-3-4-8(7(2)5-6)11-9(12)13-10/h3-5H,10H2,1-2H3,(H,11,12). The average molecular weight is 212 g/mol. The number of anilines is 1. The van der Waals surface area contributed by atoms with E-state index in [1.54, 1.807) is 0 Å². The van der Waals surface area contributed by atoms with Crippen molar-refractivity contribution in [2.24, 2.45) is 5.14 Å². The summed E-state index contributed by atoms with van der Waals surface area (Å²) in [6.07, 6.45) is 0. The molecule has 0 aliphatic rings. The average Bonchev–Trinajstić information content (AvgIpc) is 2.09. The predicted octanol–water partition coefficient (Wildman–Crippen LogP) is 2.61. The van der Waals surface area contributed by atoms with Gasteiger partial charge in [0, 0.05) is 5.69 Å². The van der Waals surface area contributed by atoms with Crippen molar-refractivity contribution >= 4 is 34.2 Å². The Balaban J connectivity index is 2.83. The third-order valence-electron chi connectivity index (χ3n) is 1.73. The summed E-state index contributed by atoms with van der Waals surface area (Å²) >= 11 is 6.01. The molecule has 4 heteroatoms. The minimum atomic E-state index is 0.590. The molecule has 1 rings (SSSR count). The number of hydrogen-bond donors (Lipinski definition) is 2. The lowest BCUT2D eigenvalue weighted by atomic mass is 10.1. The van der Waals surface area contributed by atoms with Crippen LogP contribution in [-0.4, -0.2) is 4.32 Å². The van der Waals surface area contributed by atoms with Crippen molar-refractivity contribution in [3.05, 3.63) is 29.3 Å². The second-order valence-corrected chi connectivity index (χ2v) is 4.16. The number of hydrogen-bond acceptors (Lipinski definition) is 3. The molecule has 0 aromatic heterocycles. The molecule has 0 heterocycles. The predicted molar refractivity (Wildman–Crippen MR) is 63.9 cm³/mol. The highest BCUT2D eigenvalue weighted by molar-refractivity contribution is 8.21. The molecule has 0 bridgehead atoms. The second kappa shape index (κ2) is 4.60. The van der Waals surface area contributed by atoms with Crippen LogP contribution in [0.25, 0.3) is 0 Å². The Morgan fingerprint density at radius 1 is 1.46 bits per heavy atom. The molecule has 2 nitrogen and oxygen atoms in total. The molecule has 0 radical (unpaired) electrons. The van der Waals surface area contributed by atoms with Crippen LogP contribution < -0.4 is 10.5 Å². The molecule has 1 aromatic rings. The van der Waals surface area contributed by atoms with Crippen LogP contribution >= 0.6 is 24.2 Å². The molecule has 70 valence electrons. The lowest BCUT2D eigenvalue weighted by molar-refractivity contribution is 1.38. The van der Waals surface area contributed by atoms with Gasteiger partial charge < -0.3 is 5.32 Å². The van der Waals surface area contributed by atoms with Crippen LogP contribution in [0.2, 0.25) is 0 Å². The van der Waals surface area contributed by atoms with Crippen LogP contribution in [0.5, 0.6) is 0 Å². The zero-order valence-corrected chi connectivity index (χ0v) is 9.26. The maximum absolute atomic E-state index is 5.31. The first-order valence-electron chi connectivity index (χ1n) is 3.88. The molecule has 0 atom stereocenters. The van der Waals surface area contributed by atoms with Gasteiger partial charge >= 0.3 is 0 Å². The zero-order chi connectivity index (χ0) is 9.84. The van der Waals surface area contributed by atoms with Crippen molar-refractivity contribution in [3.63, 3.8) is 0 Å². The normalized spacial score (nSPS) is 9.77. The van der Waals surface area contributed by atoms with Gasteiger partial charge in [0.05, 0.1) is 0 Å². The van der Waals surface area contributed by atoms with E-state index in [4.69, 9.17) is 17.4 Å². The van der Waals surface area contributed by atoms with E-state index in [0.29, 0.717) is 4.32 Å². The fourth-order valence-electron chi connectivity index (χ4n) is 1.09. The minimum Gasteiger partial charge on any atom is -0.340 e. The summed E-state index contributed by atoms with van der Waals surface area (Å²) in [6, 6.07) is 6.15. The van der Waals surface area contributed by atoms with Crippen molar-refractivity contribution in [2.75, 3.05) is 5.32 Å².